The van der Waals surface area contributed by atoms with Gasteiger partial charge in [-0.15, -0.1) is 0 Å². The summed E-state index contributed by atoms with van der Waals surface area (Å²) in [5, 5.41) is 3.11. The molecule has 0 spiro atoms. The van der Waals surface area contributed by atoms with Gasteiger partial charge >= 0.3 is 0 Å². The standard InChI is InChI=1S/C10H12FNO/c11-9-3-1-2-8(4-9)7-13-10-5-12-6-10/h1-4,10,12H,5-7H2. The molecule has 0 amide bonds. The molecule has 2 rings (SSSR count). The van der Waals surface area contributed by atoms with Crippen LogP contribution < -0.4 is 5.32 Å². The molecule has 1 heterocycles. The van der Waals surface area contributed by atoms with Crippen molar-refractivity contribution in [3.05, 3.63) is 35.6 Å². The normalized spacial score (nSPS) is 17.0. The third-order valence-electron chi connectivity index (χ3n) is 2.12. The third kappa shape index (κ3) is 2.26. The van der Waals surface area contributed by atoms with E-state index in [4.69, 9.17) is 4.74 Å². The molecule has 1 fully saturated rings. The summed E-state index contributed by atoms with van der Waals surface area (Å²) in [7, 11) is 0. The summed E-state index contributed by atoms with van der Waals surface area (Å²) in [5.41, 5.74) is 0.895. The highest BCUT2D eigenvalue weighted by Gasteiger charge is 2.16. The average molecular weight is 181 g/mol. The van der Waals surface area contributed by atoms with Gasteiger partial charge in [-0.1, -0.05) is 12.1 Å². The molecule has 1 aliphatic heterocycles. The molecule has 0 aliphatic carbocycles. The van der Waals surface area contributed by atoms with Gasteiger partial charge in [0, 0.05) is 13.1 Å². The number of halogens is 1. The Labute approximate surface area is 76.7 Å². The Hall–Kier alpha value is -0.930. The predicted molar refractivity (Wildman–Crippen MR) is 47.8 cm³/mol. The molecule has 0 radical (unpaired) electrons. The highest BCUT2D eigenvalue weighted by Crippen LogP contribution is 2.07. The lowest BCUT2D eigenvalue weighted by molar-refractivity contribution is 0.00749. The molecule has 0 unspecified atom stereocenters. The summed E-state index contributed by atoms with van der Waals surface area (Å²) >= 11 is 0. The van der Waals surface area contributed by atoms with Gasteiger partial charge in [0.2, 0.25) is 0 Å². The Kier molecular flexibility index (Phi) is 2.57. The van der Waals surface area contributed by atoms with Gasteiger partial charge in [-0.2, -0.15) is 0 Å². The molecule has 13 heavy (non-hydrogen) atoms. The molecule has 1 aliphatic rings. The van der Waals surface area contributed by atoms with Crippen LogP contribution in [-0.2, 0) is 11.3 Å². The Morgan fingerprint density at radius 3 is 2.92 bits per heavy atom. The molecular formula is C10H12FNO. The van der Waals surface area contributed by atoms with Crippen LogP contribution in [0.15, 0.2) is 24.3 Å². The quantitative estimate of drug-likeness (QED) is 0.759. The molecule has 1 aromatic rings. The fourth-order valence-electron chi connectivity index (χ4n) is 1.22. The van der Waals surface area contributed by atoms with Gasteiger partial charge < -0.3 is 10.1 Å². The van der Waals surface area contributed by atoms with E-state index in [1.165, 1.54) is 12.1 Å². The lowest BCUT2D eigenvalue weighted by Crippen LogP contribution is -2.48. The first-order valence-electron chi connectivity index (χ1n) is 4.41. The van der Waals surface area contributed by atoms with Crippen LogP contribution in [0.3, 0.4) is 0 Å². The monoisotopic (exact) mass is 181 g/mol. The molecule has 0 saturated carbocycles. The molecule has 0 bridgehead atoms. The van der Waals surface area contributed by atoms with Crippen molar-refractivity contribution in [2.75, 3.05) is 13.1 Å². The van der Waals surface area contributed by atoms with Crippen molar-refractivity contribution < 1.29 is 9.13 Å². The topological polar surface area (TPSA) is 21.3 Å². The molecular weight excluding hydrogens is 169 g/mol. The van der Waals surface area contributed by atoms with Gasteiger partial charge in [-0.3, -0.25) is 0 Å². The Morgan fingerprint density at radius 1 is 1.46 bits per heavy atom. The number of ether oxygens (including phenoxy) is 1. The second-order valence-corrected chi connectivity index (χ2v) is 3.22. The fraction of sp³-hybridized carbons (Fsp3) is 0.400. The zero-order chi connectivity index (χ0) is 9.10. The van der Waals surface area contributed by atoms with Crippen LogP contribution in [0.1, 0.15) is 5.56 Å². The van der Waals surface area contributed by atoms with Crippen molar-refractivity contribution in [1.82, 2.24) is 5.32 Å². The molecule has 0 atom stereocenters. The second-order valence-electron chi connectivity index (χ2n) is 3.22. The number of hydrogen-bond donors (Lipinski definition) is 1. The summed E-state index contributed by atoms with van der Waals surface area (Å²) in [6.45, 7) is 2.33. The van der Waals surface area contributed by atoms with Crippen molar-refractivity contribution >= 4 is 0 Å². The maximum Gasteiger partial charge on any atom is 0.123 e. The van der Waals surface area contributed by atoms with E-state index in [1.807, 2.05) is 6.07 Å². The molecule has 70 valence electrons. The first-order chi connectivity index (χ1) is 6.34. The van der Waals surface area contributed by atoms with E-state index in [0.717, 1.165) is 18.7 Å². The van der Waals surface area contributed by atoms with Crippen molar-refractivity contribution in [2.24, 2.45) is 0 Å². The van der Waals surface area contributed by atoms with Crippen LogP contribution in [0.4, 0.5) is 4.39 Å². The van der Waals surface area contributed by atoms with E-state index >= 15 is 0 Å². The Bertz CT molecular complexity index is 286. The van der Waals surface area contributed by atoms with Gasteiger partial charge in [-0.25, -0.2) is 4.39 Å². The highest BCUT2D eigenvalue weighted by atomic mass is 19.1. The van der Waals surface area contributed by atoms with Gasteiger partial charge in [-0.05, 0) is 17.7 Å². The van der Waals surface area contributed by atoms with Gasteiger partial charge in [0.25, 0.3) is 0 Å². The number of rotatable bonds is 3. The van der Waals surface area contributed by atoms with Crippen molar-refractivity contribution in [3.63, 3.8) is 0 Å². The van der Waals surface area contributed by atoms with Crippen LogP contribution in [0.5, 0.6) is 0 Å². The van der Waals surface area contributed by atoms with Crippen LogP contribution in [-0.4, -0.2) is 19.2 Å². The Morgan fingerprint density at radius 2 is 2.31 bits per heavy atom. The SMILES string of the molecule is Fc1cccc(COC2CNC2)c1. The average Bonchev–Trinajstić information content (AvgIpc) is 2.01. The maximum absolute atomic E-state index is 12.7. The van der Waals surface area contributed by atoms with Crippen LogP contribution in [0.2, 0.25) is 0 Å². The summed E-state index contributed by atoms with van der Waals surface area (Å²) in [4.78, 5) is 0. The van der Waals surface area contributed by atoms with Gasteiger partial charge in [0.1, 0.15) is 5.82 Å². The molecule has 3 heteroatoms. The van der Waals surface area contributed by atoms with E-state index < -0.39 is 0 Å². The minimum absolute atomic E-state index is 0.201. The minimum atomic E-state index is -0.201. The van der Waals surface area contributed by atoms with Crippen LogP contribution in [0.25, 0.3) is 0 Å². The first-order valence-corrected chi connectivity index (χ1v) is 4.41. The molecule has 0 aromatic heterocycles. The zero-order valence-electron chi connectivity index (χ0n) is 7.29. The lowest BCUT2D eigenvalue weighted by atomic mass is 10.2. The molecule has 1 aromatic carbocycles. The number of hydrogen-bond acceptors (Lipinski definition) is 2. The Balaban J connectivity index is 1.86. The molecule has 1 N–H and O–H groups in total. The fourth-order valence-corrected chi connectivity index (χ4v) is 1.22. The minimum Gasteiger partial charge on any atom is -0.371 e. The predicted octanol–water partition coefficient (Wildman–Crippen LogP) is 1.31. The van der Waals surface area contributed by atoms with E-state index in [2.05, 4.69) is 5.32 Å². The third-order valence-corrected chi connectivity index (χ3v) is 2.12. The zero-order valence-corrected chi connectivity index (χ0v) is 7.29. The van der Waals surface area contributed by atoms with Gasteiger partial charge in [0.05, 0.1) is 12.7 Å². The number of nitrogens with one attached hydrogen (secondary N) is 1. The summed E-state index contributed by atoms with van der Waals surface area (Å²) in [6, 6.07) is 6.52. The van der Waals surface area contributed by atoms with Crippen LogP contribution in [0, 0.1) is 5.82 Å². The lowest BCUT2D eigenvalue weighted by Gasteiger charge is -2.27. The highest BCUT2D eigenvalue weighted by molar-refractivity contribution is 5.15. The first kappa shape index (κ1) is 8.66. The number of benzene rings is 1. The van der Waals surface area contributed by atoms with E-state index in [0.29, 0.717) is 12.7 Å². The molecule has 2 nitrogen and oxygen atoms in total. The van der Waals surface area contributed by atoms with Crippen molar-refractivity contribution in [2.45, 2.75) is 12.7 Å². The summed E-state index contributed by atoms with van der Waals surface area (Å²) in [5.74, 6) is -0.201. The summed E-state index contributed by atoms with van der Waals surface area (Å²) in [6.07, 6.45) is 0.309. The van der Waals surface area contributed by atoms with Crippen molar-refractivity contribution in [1.29, 1.82) is 0 Å². The van der Waals surface area contributed by atoms with Crippen molar-refractivity contribution in [3.8, 4) is 0 Å². The largest absolute Gasteiger partial charge is 0.371 e. The molecule has 1 saturated heterocycles. The van der Waals surface area contributed by atoms with E-state index in [-0.39, 0.29) is 5.82 Å². The summed E-state index contributed by atoms with van der Waals surface area (Å²) < 4.78 is 18.2. The van der Waals surface area contributed by atoms with Crippen LogP contribution >= 0.6 is 0 Å². The smallest absolute Gasteiger partial charge is 0.123 e. The van der Waals surface area contributed by atoms with Gasteiger partial charge in [0.15, 0.2) is 0 Å². The second kappa shape index (κ2) is 3.85. The van der Waals surface area contributed by atoms with E-state index in [9.17, 15) is 4.39 Å². The maximum atomic E-state index is 12.7. The van der Waals surface area contributed by atoms with E-state index in [1.54, 1.807) is 6.07 Å².